The van der Waals surface area contributed by atoms with Crippen LogP contribution < -0.4 is 14.8 Å². The maximum atomic E-state index is 13.7. The first-order valence-corrected chi connectivity index (χ1v) is 11.5. The van der Waals surface area contributed by atoms with Gasteiger partial charge in [0.1, 0.15) is 28.8 Å². The zero-order valence-electron chi connectivity index (χ0n) is 18.3. The van der Waals surface area contributed by atoms with E-state index in [-0.39, 0.29) is 31.7 Å². The third-order valence-corrected chi connectivity index (χ3v) is 6.45. The first-order valence-electron chi connectivity index (χ1n) is 10.3. The molecule has 1 aliphatic rings. The summed E-state index contributed by atoms with van der Waals surface area (Å²) in [5, 5.41) is 7.04. The number of likely N-dealkylation sites (N-methyl/N-ethyl adjacent to an activating group) is 1. The number of nitrogens with one attached hydrogen (secondary N) is 1. The summed E-state index contributed by atoms with van der Waals surface area (Å²) in [6.45, 7) is 3.94. The average Bonchev–Trinajstić information content (AvgIpc) is 3.29. The Kier molecular flexibility index (Phi) is 6.42. The third-order valence-electron chi connectivity index (χ3n) is 5.31. The smallest absolute Gasteiger partial charge is 0.262 e. The van der Waals surface area contributed by atoms with Crippen LogP contribution >= 0.6 is 22.9 Å². The fourth-order valence-electron chi connectivity index (χ4n) is 3.76. The van der Waals surface area contributed by atoms with E-state index >= 15 is 0 Å². The molecule has 2 aromatic heterocycles. The van der Waals surface area contributed by atoms with Crippen molar-refractivity contribution >= 4 is 39.0 Å². The van der Waals surface area contributed by atoms with Crippen molar-refractivity contribution in [2.45, 2.75) is 38.3 Å². The van der Waals surface area contributed by atoms with Gasteiger partial charge in [0, 0.05) is 35.3 Å². The molecule has 1 atom stereocenters. The zero-order chi connectivity index (χ0) is 23.0. The summed E-state index contributed by atoms with van der Waals surface area (Å²) >= 11 is 8.14. The molecule has 1 saturated heterocycles. The number of anilines is 1. The number of alkyl halides is 2. The van der Waals surface area contributed by atoms with Crippen LogP contribution in [-0.4, -0.2) is 60.2 Å². The lowest BCUT2D eigenvalue weighted by atomic mass is 10.1. The first-order chi connectivity index (χ1) is 15.2. The quantitative estimate of drug-likeness (QED) is 0.476. The Morgan fingerprint density at radius 2 is 2.06 bits per heavy atom. The molecule has 3 aromatic rings. The number of aromatic nitrogens is 2. The molecular formula is C22H25ClF2N4O2S. The van der Waals surface area contributed by atoms with Crippen LogP contribution in [0.25, 0.3) is 22.3 Å². The molecule has 10 heteroatoms. The van der Waals surface area contributed by atoms with E-state index < -0.39 is 5.92 Å². The predicted molar refractivity (Wildman–Crippen MR) is 125 cm³/mol. The van der Waals surface area contributed by atoms with E-state index in [1.165, 1.54) is 11.3 Å². The number of pyridine rings is 1. The van der Waals surface area contributed by atoms with E-state index in [0.717, 1.165) is 10.5 Å². The van der Waals surface area contributed by atoms with Gasteiger partial charge in [-0.3, -0.25) is 4.90 Å². The van der Waals surface area contributed by atoms with Gasteiger partial charge in [-0.15, -0.1) is 11.3 Å². The highest BCUT2D eigenvalue weighted by Crippen LogP contribution is 2.39. The Morgan fingerprint density at radius 1 is 1.28 bits per heavy atom. The van der Waals surface area contributed by atoms with Crippen LogP contribution in [0.3, 0.4) is 0 Å². The van der Waals surface area contributed by atoms with Crippen molar-refractivity contribution in [3.8, 4) is 22.9 Å². The van der Waals surface area contributed by atoms with Gasteiger partial charge in [-0.2, -0.15) is 0 Å². The molecular weight excluding hydrogens is 458 g/mol. The molecule has 3 heterocycles. The first kappa shape index (κ1) is 22.9. The summed E-state index contributed by atoms with van der Waals surface area (Å²) in [5.74, 6) is -1.69. The van der Waals surface area contributed by atoms with Gasteiger partial charge >= 0.3 is 0 Å². The zero-order valence-corrected chi connectivity index (χ0v) is 19.9. The number of fused-ring (bicyclic) bond motifs is 1. The number of hydrogen-bond acceptors (Lipinski definition) is 7. The molecule has 0 aliphatic carbocycles. The highest BCUT2D eigenvalue weighted by molar-refractivity contribution is 7.14. The standard InChI is InChI=1S/C22H25ClF2N4O2S/c1-12(2)26-21-28-16(10-32-21)15-7-18(30-4)14-5-6-17(19(23)20(14)27-15)31-9-13-8-22(24,25)11-29(13)3/h5-7,10,12-13H,8-9,11H2,1-4H3,(H,26,28)/t13-/m0/s1. The van der Waals surface area contributed by atoms with Crippen molar-refractivity contribution in [2.24, 2.45) is 0 Å². The van der Waals surface area contributed by atoms with Gasteiger partial charge in [0.2, 0.25) is 0 Å². The summed E-state index contributed by atoms with van der Waals surface area (Å²) in [7, 11) is 3.26. The van der Waals surface area contributed by atoms with E-state index in [9.17, 15) is 8.78 Å². The van der Waals surface area contributed by atoms with E-state index in [2.05, 4.69) is 10.3 Å². The van der Waals surface area contributed by atoms with Crippen molar-refractivity contribution < 1.29 is 18.3 Å². The molecule has 0 spiro atoms. The van der Waals surface area contributed by atoms with Crippen molar-refractivity contribution in [3.05, 3.63) is 28.6 Å². The van der Waals surface area contributed by atoms with Crippen molar-refractivity contribution in [1.82, 2.24) is 14.9 Å². The Morgan fingerprint density at radius 3 is 2.72 bits per heavy atom. The van der Waals surface area contributed by atoms with Crippen molar-refractivity contribution in [1.29, 1.82) is 0 Å². The van der Waals surface area contributed by atoms with Crippen LogP contribution in [-0.2, 0) is 0 Å². The molecule has 4 rings (SSSR count). The minimum Gasteiger partial charge on any atom is -0.496 e. The van der Waals surface area contributed by atoms with Crippen LogP contribution in [0.2, 0.25) is 5.02 Å². The van der Waals surface area contributed by atoms with Gasteiger partial charge in [0.25, 0.3) is 5.92 Å². The number of rotatable bonds is 7. The van der Waals surface area contributed by atoms with Crippen molar-refractivity contribution in [3.63, 3.8) is 0 Å². The van der Waals surface area contributed by atoms with Crippen molar-refractivity contribution in [2.75, 3.05) is 32.6 Å². The Hall–Kier alpha value is -2.23. The number of likely N-dealkylation sites (tertiary alicyclic amines) is 1. The lowest BCUT2D eigenvalue weighted by Gasteiger charge is -2.19. The van der Waals surface area contributed by atoms with E-state index in [1.54, 1.807) is 25.1 Å². The van der Waals surface area contributed by atoms with Crippen LogP contribution in [0.15, 0.2) is 23.6 Å². The molecule has 0 amide bonds. The van der Waals surface area contributed by atoms with Gasteiger partial charge in [-0.05, 0) is 33.0 Å². The molecule has 1 aromatic carbocycles. The van der Waals surface area contributed by atoms with Gasteiger partial charge in [-0.1, -0.05) is 11.6 Å². The predicted octanol–water partition coefficient (Wildman–Crippen LogP) is 5.56. The van der Waals surface area contributed by atoms with Gasteiger partial charge in [0.15, 0.2) is 5.13 Å². The lowest BCUT2D eigenvalue weighted by Crippen LogP contribution is -2.30. The molecule has 0 saturated carbocycles. The second-order valence-electron chi connectivity index (χ2n) is 8.26. The van der Waals surface area contributed by atoms with E-state index in [0.29, 0.717) is 33.4 Å². The maximum absolute atomic E-state index is 13.7. The van der Waals surface area contributed by atoms with Crippen LogP contribution in [0.5, 0.6) is 11.5 Å². The lowest BCUT2D eigenvalue weighted by molar-refractivity contribution is 0.0137. The Balaban J connectivity index is 1.64. The molecule has 172 valence electrons. The highest BCUT2D eigenvalue weighted by atomic mass is 35.5. The topological polar surface area (TPSA) is 59.5 Å². The van der Waals surface area contributed by atoms with Crippen LogP contribution in [0.4, 0.5) is 13.9 Å². The Bertz CT molecular complexity index is 1120. The van der Waals surface area contributed by atoms with E-state index in [1.807, 2.05) is 31.4 Å². The van der Waals surface area contributed by atoms with Gasteiger partial charge < -0.3 is 14.8 Å². The third kappa shape index (κ3) is 4.74. The molecule has 6 nitrogen and oxygen atoms in total. The second-order valence-corrected chi connectivity index (χ2v) is 9.50. The van der Waals surface area contributed by atoms with Gasteiger partial charge in [0.05, 0.1) is 24.9 Å². The highest BCUT2D eigenvalue weighted by Gasteiger charge is 2.43. The normalized spacial score (nSPS) is 18.4. The number of halogens is 3. The largest absolute Gasteiger partial charge is 0.496 e. The number of methoxy groups -OCH3 is 1. The fraction of sp³-hybridized carbons (Fsp3) is 0.455. The molecule has 0 radical (unpaired) electrons. The number of thiazole rings is 1. The molecule has 1 fully saturated rings. The summed E-state index contributed by atoms with van der Waals surface area (Å²) in [5.41, 5.74) is 1.84. The number of ether oxygens (including phenoxy) is 2. The number of benzene rings is 1. The molecule has 0 bridgehead atoms. The summed E-state index contributed by atoms with van der Waals surface area (Å²) in [4.78, 5) is 10.9. The van der Waals surface area contributed by atoms with Crippen LogP contribution in [0.1, 0.15) is 20.3 Å². The maximum Gasteiger partial charge on any atom is 0.262 e. The number of hydrogen-bond donors (Lipinski definition) is 1. The van der Waals surface area contributed by atoms with Gasteiger partial charge in [-0.25, -0.2) is 18.7 Å². The molecule has 32 heavy (non-hydrogen) atoms. The SMILES string of the molecule is COc1cc(-c2csc(NC(C)C)n2)nc2c(Cl)c(OC[C@@H]3CC(F)(F)CN3C)ccc12. The second kappa shape index (κ2) is 8.96. The summed E-state index contributed by atoms with van der Waals surface area (Å²) < 4.78 is 38.7. The average molecular weight is 483 g/mol. The van der Waals surface area contributed by atoms with E-state index in [4.69, 9.17) is 26.1 Å². The monoisotopic (exact) mass is 482 g/mol. The Labute approximate surface area is 194 Å². The molecule has 1 aliphatic heterocycles. The molecule has 1 N–H and O–H groups in total. The molecule has 0 unspecified atom stereocenters. The minimum absolute atomic E-state index is 0.116. The fourth-order valence-corrected chi connectivity index (χ4v) is 4.87. The minimum atomic E-state index is -2.70. The number of nitrogens with zero attached hydrogens (tertiary/aromatic N) is 3. The van der Waals surface area contributed by atoms with Crippen LogP contribution in [0, 0.1) is 0 Å². The summed E-state index contributed by atoms with van der Waals surface area (Å²) in [6, 6.07) is 5.23. The summed E-state index contributed by atoms with van der Waals surface area (Å²) in [6.07, 6.45) is -0.235.